The lowest BCUT2D eigenvalue weighted by Crippen LogP contribution is -2.30. The van der Waals surface area contributed by atoms with Crippen LogP contribution in [0.4, 0.5) is 5.69 Å². The number of primary sulfonamides is 1. The Morgan fingerprint density at radius 2 is 1.74 bits per heavy atom. The summed E-state index contributed by atoms with van der Waals surface area (Å²) in [4.78, 5) is 24.1. The molecular formula is C18H20N2O6S. The molecular weight excluding hydrogens is 372 g/mol. The molecule has 0 bridgehead atoms. The number of hydrogen-bond donors (Lipinski definition) is 2. The van der Waals surface area contributed by atoms with Crippen LogP contribution < -0.4 is 15.2 Å². The number of nitrogens with one attached hydrogen (secondary N) is 1. The fourth-order valence-corrected chi connectivity index (χ4v) is 2.78. The van der Waals surface area contributed by atoms with Gasteiger partial charge in [0.1, 0.15) is 5.75 Å². The highest BCUT2D eigenvalue weighted by molar-refractivity contribution is 7.89. The summed E-state index contributed by atoms with van der Waals surface area (Å²) < 4.78 is 32.7. The fourth-order valence-electron chi connectivity index (χ4n) is 2.27. The van der Waals surface area contributed by atoms with Crippen LogP contribution in [0.2, 0.25) is 0 Å². The van der Waals surface area contributed by atoms with Gasteiger partial charge in [-0.05, 0) is 37.3 Å². The number of methoxy groups -OCH3 is 1. The van der Waals surface area contributed by atoms with Crippen molar-refractivity contribution >= 4 is 27.6 Å². The first-order valence-corrected chi connectivity index (χ1v) is 9.50. The average Bonchev–Trinajstić information content (AvgIpc) is 2.61. The molecule has 0 unspecified atom stereocenters. The first-order valence-electron chi connectivity index (χ1n) is 7.96. The van der Waals surface area contributed by atoms with Crippen molar-refractivity contribution in [1.29, 1.82) is 0 Å². The van der Waals surface area contributed by atoms with Gasteiger partial charge in [0, 0.05) is 11.3 Å². The summed E-state index contributed by atoms with van der Waals surface area (Å²) >= 11 is 0. The topological polar surface area (TPSA) is 125 Å². The minimum Gasteiger partial charge on any atom is -0.496 e. The van der Waals surface area contributed by atoms with Gasteiger partial charge in [0.15, 0.2) is 6.10 Å². The van der Waals surface area contributed by atoms with Gasteiger partial charge < -0.3 is 14.8 Å². The second-order valence-corrected chi connectivity index (χ2v) is 7.24. The number of carbonyl (C=O) groups excluding carboxylic acids is 2. The van der Waals surface area contributed by atoms with Gasteiger partial charge >= 0.3 is 5.97 Å². The quantitative estimate of drug-likeness (QED) is 0.687. The lowest BCUT2D eigenvalue weighted by Gasteiger charge is -2.14. The number of nitrogens with two attached hydrogens (primary N) is 1. The second kappa shape index (κ2) is 8.65. The van der Waals surface area contributed by atoms with Gasteiger partial charge in [0.05, 0.1) is 18.4 Å². The van der Waals surface area contributed by atoms with Crippen molar-refractivity contribution in [2.75, 3.05) is 12.4 Å². The molecule has 9 heteroatoms. The van der Waals surface area contributed by atoms with Gasteiger partial charge in [-0.25, -0.2) is 13.6 Å². The smallest absolute Gasteiger partial charge is 0.311 e. The Kier molecular flexibility index (Phi) is 6.54. The Morgan fingerprint density at radius 3 is 2.33 bits per heavy atom. The van der Waals surface area contributed by atoms with Gasteiger partial charge in [-0.3, -0.25) is 9.59 Å². The molecule has 0 fully saturated rings. The highest BCUT2D eigenvalue weighted by Crippen LogP contribution is 2.18. The van der Waals surface area contributed by atoms with Crippen molar-refractivity contribution in [1.82, 2.24) is 0 Å². The maximum absolute atomic E-state index is 12.1. The molecule has 3 N–H and O–H groups in total. The van der Waals surface area contributed by atoms with Gasteiger partial charge in [0.25, 0.3) is 5.91 Å². The van der Waals surface area contributed by atoms with Crippen LogP contribution in [0.1, 0.15) is 12.5 Å². The molecule has 0 aliphatic heterocycles. The number of rotatable bonds is 7. The van der Waals surface area contributed by atoms with E-state index in [0.717, 1.165) is 0 Å². The van der Waals surface area contributed by atoms with E-state index in [2.05, 4.69) is 5.32 Å². The molecule has 1 amide bonds. The molecule has 1 atom stereocenters. The Balaban J connectivity index is 1.94. The Bertz CT molecular complexity index is 925. The molecule has 27 heavy (non-hydrogen) atoms. The molecule has 0 saturated heterocycles. The van der Waals surface area contributed by atoms with Crippen molar-refractivity contribution in [3.05, 3.63) is 54.1 Å². The van der Waals surface area contributed by atoms with E-state index in [1.807, 2.05) is 0 Å². The number of carbonyl (C=O) groups is 2. The zero-order chi connectivity index (χ0) is 20.0. The second-order valence-electron chi connectivity index (χ2n) is 5.68. The highest BCUT2D eigenvalue weighted by atomic mass is 32.2. The van der Waals surface area contributed by atoms with E-state index in [9.17, 15) is 18.0 Å². The molecule has 0 aliphatic rings. The number of amides is 1. The van der Waals surface area contributed by atoms with Crippen LogP contribution in [0.25, 0.3) is 0 Å². The van der Waals surface area contributed by atoms with Crippen molar-refractivity contribution < 1.29 is 27.5 Å². The van der Waals surface area contributed by atoms with Gasteiger partial charge in [-0.1, -0.05) is 18.2 Å². The molecule has 2 aromatic carbocycles. The van der Waals surface area contributed by atoms with E-state index in [-0.39, 0.29) is 11.3 Å². The molecule has 0 saturated carbocycles. The summed E-state index contributed by atoms with van der Waals surface area (Å²) in [5.74, 6) is -0.569. The van der Waals surface area contributed by atoms with Crippen LogP contribution in [-0.2, 0) is 30.8 Å². The van der Waals surface area contributed by atoms with E-state index in [0.29, 0.717) is 17.0 Å². The van der Waals surface area contributed by atoms with Gasteiger partial charge in [-0.2, -0.15) is 0 Å². The molecule has 0 aliphatic carbocycles. The molecule has 0 spiro atoms. The van der Waals surface area contributed by atoms with Crippen LogP contribution in [0.3, 0.4) is 0 Å². The maximum atomic E-state index is 12.1. The maximum Gasteiger partial charge on any atom is 0.311 e. The molecule has 0 radical (unpaired) electrons. The largest absolute Gasteiger partial charge is 0.496 e. The number of benzene rings is 2. The predicted molar refractivity (Wildman–Crippen MR) is 98.7 cm³/mol. The van der Waals surface area contributed by atoms with E-state index < -0.39 is 28.0 Å². The summed E-state index contributed by atoms with van der Waals surface area (Å²) in [6, 6.07) is 12.3. The predicted octanol–water partition coefficient (Wildman–Crippen LogP) is 1.46. The van der Waals surface area contributed by atoms with Crippen LogP contribution in [0.15, 0.2) is 53.4 Å². The van der Waals surface area contributed by atoms with Crippen molar-refractivity contribution in [2.24, 2.45) is 5.14 Å². The molecule has 0 aromatic heterocycles. The highest BCUT2D eigenvalue weighted by Gasteiger charge is 2.19. The lowest BCUT2D eigenvalue weighted by atomic mass is 10.1. The summed E-state index contributed by atoms with van der Waals surface area (Å²) in [5, 5.41) is 7.55. The molecule has 2 aromatic rings. The normalized spacial score (nSPS) is 12.1. The Labute approximate surface area is 157 Å². The lowest BCUT2D eigenvalue weighted by molar-refractivity contribution is -0.152. The number of hydrogen-bond acceptors (Lipinski definition) is 6. The molecule has 8 nitrogen and oxygen atoms in total. The van der Waals surface area contributed by atoms with Gasteiger partial charge in [-0.15, -0.1) is 0 Å². The van der Waals surface area contributed by atoms with E-state index in [1.54, 1.807) is 24.3 Å². The fraction of sp³-hybridized carbons (Fsp3) is 0.222. The number of para-hydroxylation sites is 1. The van der Waals surface area contributed by atoms with E-state index in [1.165, 1.54) is 38.3 Å². The Hall–Kier alpha value is -2.91. The molecule has 144 valence electrons. The summed E-state index contributed by atoms with van der Waals surface area (Å²) in [6.45, 7) is 1.44. The van der Waals surface area contributed by atoms with E-state index in [4.69, 9.17) is 14.6 Å². The van der Waals surface area contributed by atoms with Crippen molar-refractivity contribution in [2.45, 2.75) is 24.3 Å². The summed E-state index contributed by atoms with van der Waals surface area (Å²) in [5.41, 5.74) is 0.996. The minimum atomic E-state index is -3.81. The summed E-state index contributed by atoms with van der Waals surface area (Å²) in [6.07, 6.45) is -1.07. The van der Waals surface area contributed by atoms with Crippen molar-refractivity contribution in [3.63, 3.8) is 0 Å². The standard InChI is InChI=1S/C18H20N2O6S/c1-12(26-17(21)11-13-5-3-4-6-16(13)25-2)18(22)20-14-7-9-15(10-8-14)27(19,23)24/h3-10,12H,11H2,1-2H3,(H,20,22)(H2,19,23,24)/t12-/m1/s1. The number of esters is 1. The number of ether oxygens (including phenoxy) is 2. The molecule has 0 heterocycles. The SMILES string of the molecule is COc1ccccc1CC(=O)O[C@H](C)C(=O)Nc1ccc(S(N)(=O)=O)cc1. The number of anilines is 1. The first-order chi connectivity index (χ1) is 12.7. The first kappa shape index (κ1) is 20.4. The third kappa shape index (κ3) is 5.80. The molecule has 2 rings (SSSR count). The van der Waals surface area contributed by atoms with Crippen LogP contribution >= 0.6 is 0 Å². The zero-order valence-electron chi connectivity index (χ0n) is 14.8. The third-order valence-electron chi connectivity index (χ3n) is 3.66. The monoisotopic (exact) mass is 392 g/mol. The van der Waals surface area contributed by atoms with E-state index >= 15 is 0 Å². The van der Waals surface area contributed by atoms with Gasteiger partial charge in [0.2, 0.25) is 10.0 Å². The average molecular weight is 392 g/mol. The minimum absolute atomic E-state index is 0.0370. The van der Waals surface area contributed by atoms with Crippen molar-refractivity contribution in [3.8, 4) is 5.75 Å². The zero-order valence-corrected chi connectivity index (χ0v) is 15.7. The number of sulfonamides is 1. The summed E-state index contributed by atoms with van der Waals surface area (Å²) in [7, 11) is -2.31. The third-order valence-corrected chi connectivity index (χ3v) is 4.58. The van der Waals surface area contributed by atoms with Crippen LogP contribution in [0.5, 0.6) is 5.75 Å². The van der Waals surface area contributed by atoms with Crippen LogP contribution in [0, 0.1) is 0 Å². The Morgan fingerprint density at radius 1 is 1.11 bits per heavy atom. The van der Waals surface area contributed by atoms with Crippen LogP contribution in [-0.4, -0.2) is 33.5 Å².